The molecule has 0 saturated heterocycles. The second-order valence-corrected chi connectivity index (χ2v) is 3.12. The van der Waals surface area contributed by atoms with E-state index in [1.165, 1.54) is 5.57 Å². The van der Waals surface area contributed by atoms with Crippen LogP contribution in [0.5, 0.6) is 0 Å². The molecule has 11 heavy (non-hydrogen) atoms. The van der Waals surface area contributed by atoms with Crippen LogP contribution in [0, 0.1) is 0 Å². The highest BCUT2D eigenvalue weighted by atomic mass is 32.1. The average molecular weight is 167 g/mol. The van der Waals surface area contributed by atoms with Gasteiger partial charge in [-0.1, -0.05) is 18.7 Å². The van der Waals surface area contributed by atoms with Crippen LogP contribution >= 0.6 is 12.6 Å². The molecule has 2 rings (SSSR count). The summed E-state index contributed by atoms with van der Waals surface area (Å²) in [5.41, 5.74) is 2.19. The molecule has 58 valence electrons. The Kier molecular flexibility index (Phi) is 1.53. The quantitative estimate of drug-likeness (QED) is 0.576. The fourth-order valence-electron chi connectivity index (χ4n) is 1.30. The van der Waals surface area contributed by atoms with Crippen LogP contribution in [0.2, 0.25) is 0 Å². The Morgan fingerprint density at radius 1 is 1.64 bits per heavy atom. The van der Waals surface area contributed by atoms with Gasteiger partial charge in [-0.15, -0.1) is 0 Å². The molecule has 1 aromatic heterocycles. The van der Waals surface area contributed by atoms with Gasteiger partial charge in [-0.2, -0.15) is 0 Å². The summed E-state index contributed by atoms with van der Waals surface area (Å²) in [6.07, 6.45) is 4.24. The van der Waals surface area contributed by atoms with Gasteiger partial charge in [0.25, 0.3) is 5.22 Å². The molecule has 1 aliphatic carbocycles. The minimum Gasteiger partial charge on any atom is -0.432 e. The molecule has 0 atom stereocenters. The van der Waals surface area contributed by atoms with E-state index < -0.39 is 0 Å². The smallest absolute Gasteiger partial charge is 0.253 e. The standard InChI is InChI=1S/C8H9NOS/c1-5-3-2-4-6-7(5)10-8(11)9-6/h4H,2-3H2,1H3,(H,9,11). The summed E-state index contributed by atoms with van der Waals surface area (Å²) in [4.78, 5) is 4.12. The topological polar surface area (TPSA) is 26.0 Å². The Bertz CT molecular complexity index is 391. The molecule has 0 aliphatic heterocycles. The van der Waals surface area contributed by atoms with Gasteiger partial charge >= 0.3 is 0 Å². The molecule has 0 unspecified atom stereocenters. The lowest BCUT2D eigenvalue weighted by Gasteiger charge is -1.97. The monoisotopic (exact) mass is 167 g/mol. The molecular weight excluding hydrogens is 158 g/mol. The van der Waals surface area contributed by atoms with Gasteiger partial charge in [0, 0.05) is 0 Å². The number of oxazole rings is 1. The van der Waals surface area contributed by atoms with E-state index in [4.69, 9.17) is 4.42 Å². The second-order valence-electron chi connectivity index (χ2n) is 2.73. The van der Waals surface area contributed by atoms with Gasteiger partial charge in [-0.25, -0.2) is 4.98 Å². The summed E-state index contributed by atoms with van der Waals surface area (Å²) in [7, 11) is 0. The minimum atomic E-state index is 0.465. The highest BCUT2D eigenvalue weighted by molar-refractivity contribution is 7.80. The van der Waals surface area contributed by atoms with Gasteiger partial charge in [0.15, 0.2) is 5.42 Å². The first-order valence-corrected chi connectivity index (χ1v) is 4.08. The fraction of sp³-hybridized carbons (Fsp3) is 0.375. The highest BCUT2D eigenvalue weighted by Crippen LogP contribution is 2.06. The summed E-state index contributed by atoms with van der Waals surface area (Å²) < 4.78 is 5.30. The van der Waals surface area contributed by atoms with Gasteiger partial charge in [-0.05, 0) is 25.3 Å². The van der Waals surface area contributed by atoms with Crippen LogP contribution in [0.4, 0.5) is 0 Å². The Morgan fingerprint density at radius 3 is 3.18 bits per heavy atom. The lowest BCUT2D eigenvalue weighted by atomic mass is 10.1. The van der Waals surface area contributed by atoms with Crippen molar-refractivity contribution in [3.8, 4) is 0 Å². The van der Waals surface area contributed by atoms with Gasteiger partial charge in [0.2, 0.25) is 0 Å². The third-order valence-electron chi connectivity index (χ3n) is 1.89. The normalized spacial score (nSPS) is 16.0. The van der Waals surface area contributed by atoms with Crippen molar-refractivity contribution in [2.24, 2.45) is 0 Å². The van der Waals surface area contributed by atoms with Crippen molar-refractivity contribution in [2.45, 2.75) is 25.0 Å². The molecule has 0 fully saturated rings. The summed E-state index contributed by atoms with van der Waals surface area (Å²) in [5, 5.41) is 1.42. The molecule has 0 aromatic carbocycles. The van der Waals surface area contributed by atoms with Crippen LogP contribution in [0.25, 0.3) is 11.6 Å². The summed E-state index contributed by atoms with van der Waals surface area (Å²) in [6.45, 7) is 2.07. The third-order valence-corrected chi connectivity index (χ3v) is 2.08. The second kappa shape index (κ2) is 2.41. The van der Waals surface area contributed by atoms with Crippen molar-refractivity contribution >= 4 is 24.3 Å². The summed E-state index contributed by atoms with van der Waals surface area (Å²) in [5.74, 6) is 0. The van der Waals surface area contributed by atoms with Gasteiger partial charge < -0.3 is 4.42 Å². The van der Waals surface area contributed by atoms with Crippen molar-refractivity contribution in [2.75, 3.05) is 0 Å². The van der Waals surface area contributed by atoms with Crippen molar-refractivity contribution in [1.82, 2.24) is 4.98 Å². The third kappa shape index (κ3) is 1.09. The van der Waals surface area contributed by atoms with E-state index in [1.807, 2.05) is 0 Å². The number of thiol groups is 1. The lowest BCUT2D eigenvalue weighted by molar-refractivity contribution is 0.427. The van der Waals surface area contributed by atoms with E-state index in [9.17, 15) is 0 Å². The molecule has 1 aromatic rings. The van der Waals surface area contributed by atoms with Crippen molar-refractivity contribution in [3.63, 3.8) is 0 Å². The Morgan fingerprint density at radius 2 is 2.45 bits per heavy atom. The molecule has 3 heteroatoms. The maximum absolute atomic E-state index is 5.30. The van der Waals surface area contributed by atoms with E-state index in [-0.39, 0.29) is 0 Å². The van der Waals surface area contributed by atoms with E-state index >= 15 is 0 Å². The van der Waals surface area contributed by atoms with Crippen LogP contribution in [-0.4, -0.2) is 4.98 Å². The van der Waals surface area contributed by atoms with Crippen LogP contribution in [0.1, 0.15) is 19.8 Å². The van der Waals surface area contributed by atoms with E-state index in [0.29, 0.717) is 5.22 Å². The maximum Gasteiger partial charge on any atom is 0.253 e. The molecule has 0 saturated carbocycles. The highest BCUT2D eigenvalue weighted by Gasteiger charge is 2.04. The number of fused-ring (bicyclic) bond motifs is 1. The molecule has 0 spiro atoms. The molecular formula is C8H9NOS. The SMILES string of the molecule is CC1=c2oc(S)nc2=CCC1. The van der Waals surface area contributed by atoms with Gasteiger partial charge in [0.05, 0.1) is 0 Å². The van der Waals surface area contributed by atoms with Crippen LogP contribution in [0.3, 0.4) is 0 Å². The van der Waals surface area contributed by atoms with Gasteiger partial charge in [0.1, 0.15) is 5.35 Å². The molecule has 0 radical (unpaired) electrons. The molecule has 0 bridgehead atoms. The number of hydrogen-bond acceptors (Lipinski definition) is 3. The number of aromatic nitrogens is 1. The Hall–Kier alpha value is -0.700. The van der Waals surface area contributed by atoms with Crippen LogP contribution in [0.15, 0.2) is 9.64 Å². The van der Waals surface area contributed by atoms with Crippen LogP contribution < -0.4 is 10.8 Å². The predicted octanol–water partition coefficient (Wildman–Crippen LogP) is 0.708. The first-order chi connectivity index (χ1) is 5.27. The first-order valence-electron chi connectivity index (χ1n) is 3.63. The number of rotatable bonds is 0. The molecule has 2 nitrogen and oxygen atoms in total. The van der Waals surface area contributed by atoms with Crippen LogP contribution in [-0.2, 0) is 0 Å². The van der Waals surface area contributed by atoms with E-state index in [2.05, 4.69) is 30.6 Å². The largest absolute Gasteiger partial charge is 0.432 e. The van der Waals surface area contributed by atoms with Gasteiger partial charge in [-0.3, -0.25) is 0 Å². The number of hydrogen-bond donors (Lipinski definition) is 1. The molecule has 1 heterocycles. The zero-order chi connectivity index (χ0) is 7.84. The predicted molar refractivity (Wildman–Crippen MR) is 45.8 cm³/mol. The molecule has 1 aliphatic rings. The number of nitrogens with zero attached hydrogens (tertiary/aromatic N) is 1. The molecule has 0 N–H and O–H groups in total. The van der Waals surface area contributed by atoms with Crippen molar-refractivity contribution in [1.29, 1.82) is 0 Å². The maximum atomic E-state index is 5.30. The fourth-order valence-corrected chi connectivity index (χ4v) is 1.50. The zero-order valence-corrected chi connectivity index (χ0v) is 7.19. The first kappa shape index (κ1) is 6.98. The average Bonchev–Trinajstić information content (AvgIpc) is 2.31. The Labute approximate surface area is 70.0 Å². The minimum absolute atomic E-state index is 0.465. The molecule has 0 amide bonds. The lowest BCUT2D eigenvalue weighted by Crippen LogP contribution is -2.26. The zero-order valence-electron chi connectivity index (χ0n) is 6.29. The summed E-state index contributed by atoms with van der Waals surface area (Å²) in [6, 6.07) is 0. The van der Waals surface area contributed by atoms with E-state index in [1.54, 1.807) is 0 Å². The van der Waals surface area contributed by atoms with E-state index in [0.717, 1.165) is 23.6 Å². The van der Waals surface area contributed by atoms with Crippen molar-refractivity contribution < 1.29 is 4.42 Å². The Balaban J connectivity index is 2.88. The van der Waals surface area contributed by atoms with Crippen molar-refractivity contribution in [3.05, 3.63) is 10.8 Å². The summed E-state index contributed by atoms with van der Waals surface area (Å²) >= 11 is 4.04.